The van der Waals surface area contributed by atoms with E-state index in [0.29, 0.717) is 22.9 Å². The molecule has 0 amide bonds. The van der Waals surface area contributed by atoms with E-state index in [0.717, 1.165) is 11.7 Å². The zero-order chi connectivity index (χ0) is 13.0. The van der Waals surface area contributed by atoms with E-state index in [-0.39, 0.29) is 0 Å². The summed E-state index contributed by atoms with van der Waals surface area (Å²) in [5, 5.41) is 3.82. The summed E-state index contributed by atoms with van der Waals surface area (Å²) >= 11 is 0. The highest BCUT2D eigenvalue weighted by Crippen LogP contribution is 2.65. The molecule has 2 saturated carbocycles. The molecule has 0 aliphatic heterocycles. The lowest BCUT2D eigenvalue weighted by atomic mass is 9.69. The quantitative estimate of drug-likeness (QED) is 0.868. The van der Waals surface area contributed by atoms with Crippen molar-refractivity contribution in [3.8, 4) is 0 Å². The maximum Gasteiger partial charge on any atom is 0.120 e. The second-order valence-corrected chi connectivity index (χ2v) is 7.07. The summed E-state index contributed by atoms with van der Waals surface area (Å²) in [4.78, 5) is 0. The molecule has 2 aliphatic carbocycles. The van der Waals surface area contributed by atoms with Gasteiger partial charge in [0.25, 0.3) is 0 Å². The molecule has 2 bridgehead atoms. The Morgan fingerprint density at radius 3 is 2.67 bits per heavy atom. The highest BCUT2D eigenvalue weighted by Gasteiger charge is 2.61. The number of fused-ring (bicyclic) bond motifs is 2. The van der Waals surface area contributed by atoms with Crippen molar-refractivity contribution >= 4 is 0 Å². The third-order valence-corrected chi connectivity index (χ3v) is 6.22. The molecule has 2 heteroatoms. The van der Waals surface area contributed by atoms with E-state index in [1.807, 2.05) is 6.07 Å². The Morgan fingerprint density at radius 1 is 1.39 bits per heavy atom. The number of rotatable bonds is 3. The molecule has 100 valence electrons. The van der Waals surface area contributed by atoms with E-state index in [2.05, 4.69) is 39.1 Å². The Kier molecular flexibility index (Phi) is 2.64. The second kappa shape index (κ2) is 3.86. The van der Waals surface area contributed by atoms with Crippen LogP contribution < -0.4 is 5.32 Å². The summed E-state index contributed by atoms with van der Waals surface area (Å²) in [6.45, 7) is 9.61. The Hall–Kier alpha value is -0.760. The van der Waals surface area contributed by atoms with Crippen LogP contribution in [0.15, 0.2) is 22.8 Å². The molecular formula is C16H25NO. The van der Waals surface area contributed by atoms with E-state index in [1.54, 1.807) is 6.26 Å². The zero-order valence-corrected chi connectivity index (χ0v) is 12.0. The van der Waals surface area contributed by atoms with Gasteiger partial charge >= 0.3 is 0 Å². The number of nitrogens with one attached hydrogen (secondary N) is 1. The highest BCUT2D eigenvalue weighted by molar-refractivity contribution is 5.14. The standard InChI is InChI=1S/C16H25NO/c1-11(13-6-5-9-18-13)17-14-10-12-7-8-16(14,4)15(12,2)3/h5-6,9,11-12,14,17H,7-8,10H2,1-4H3/t11-,12?,14?,16?/m0/s1. The second-order valence-electron chi connectivity index (χ2n) is 7.07. The normalized spacial score (nSPS) is 39.1. The minimum Gasteiger partial charge on any atom is -0.468 e. The van der Waals surface area contributed by atoms with Gasteiger partial charge in [0.15, 0.2) is 0 Å². The van der Waals surface area contributed by atoms with Crippen LogP contribution in [0.3, 0.4) is 0 Å². The molecule has 1 heterocycles. The maximum atomic E-state index is 5.51. The molecule has 1 N–H and O–H groups in total. The molecule has 2 aliphatic rings. The summed E-state index contributed by atoms with van der Waals surface area (Å²) in [5.74, 6) is 1.95. The van der Waals surface area contributed by atoms with Crippen LogP contribution in [0.25, 0.3) is 0 Å². The van der Waals surface area contributed by atoms with Gasteiger partial charge in [-0.1, -0.05) is 20.8 Å². The van der Waals surface area contributed by atoms with Crippen molar-refractivity contribution in [3.05, 3.63) is 24.2 Å². The lowest BCUT2D eigenvalue weighted by molar-refractivity contribution is 0.114. The number of hydrogen-bond acceptors (Lipinski definition) is 2. The van der Waals surface area contributed by atoms with Crippen molar-refractivity contribution in [2.45, 2.75) is 59.0 Å². The fraction of sp³-hybridized carbons (Fsp3) is 0.750. The minimum atomic E-state index is 0.317. The third-order valence-electron chi connectivity index (χ3n) is 6.22. The first kappa shape index (κ1) is 12.3. The summed E-state index contributed by atoms with van der Waals surface area (Å²) < 4.78 is 5.51. The van der Waals surface area contributed by atoms with E-state index in [9.17, 15) is 0 Å². The lowest BCUT2D eigenvalue weighted by Gasteiger charge is -2.40. The third kappa shape index (κ3) is 1.51. The monoisotopic (exact) mass is 247 g/mol. The van der Waals surface area contributed by atoms with Gasteiger partial charge in [-0.25, -0.2) is 0 Å². The molecule has 0 aromatic carbocycles. The van der Waals surface area contributed by atoms with Gasteiger partial charge in [0.2, 0.25) is 0 Å². The average molecular weight is 247 g/mol. The van der Waals surface area contributed by atoms with Gasteiger partial charge in [0.05, 0.1) is 12.3 Å². The SMILES string of the molecule is C[C@H](NC1CC2CCC1(C)C2(C)C)c1ccco1. The molecule has 1 aromatic rings. The predicted molar refractivity (Wildman–Crippen MR) is 73.3 cm³/mol. The maximum absolute atomic E-state index is 5.51. The van der Waals surface area contributed by atoms with Crippen LogP contribution in [0.5, 0.6) is 0 Å². The average Bonchev–Trinajstić information content (AvgIpc) is 2.95. The molecule has 0 radical (unpaired) electrons. The summed E-state index contributed by atoms with van der Waals surface area (Å²) in [7, 11) is 0. The Balaban J connectivity index is 1.76. The highest BCUT2D eigenvalue weighted by atomic mass is 16.3. The van der Waals surface area contributed by atoms with Gasteiger partial charge in [-0.05, 0) is 55.1 Å². The first-order chi connectivity index (χ1) is 8.45. The van der Waals surface area contributed by atoms with Gasteiger partial charge in [-0.3, -0.25) is 0 Å². The zero-order valence-electron chi connectivity index (χ0n) is 12.0. The van der Waals surface area contributed by atoms with Crippen molar-refractivity contribution < 1.29 is 4.42 Å². The first-order valence-corrected chi connectivity index (χ1v) is 7.24. The lowest BCUT2D eigenvalue weighted by Crippen LogP contribution is -2.45. The number of furan rings is 1. The van der Waals surface area contributed by atoms with Crippen LogP contribution >= 0.6 is 0 Å². The van der Waals surface area contributed by atoms with Crippen molar-refractivity contribution in [2.24, 2.45) is 16.7 Å². The molecule has 3 unspecified atom stereocenters. The molecular weight excluding hydrogens is 222 g/mol. The van der Waals surface area contributed by atoms with Gasteiger partial charge in [0.1, 0.15) is 5.76 Å². The topological polar surface area (TPSA) is 25.2 Å². The molecule has 18 heavy (non-hydrogen) atoms. The van der Waals surface area contributed by atoms with Crippen LogP contribution in [0.4, 0.5) is 0 Å². The molecule has 1 aromatic heterocycles. The minimum absolute atomic E-state index is 0.317. The van der Waals surface area contributed by atoms with E-state index < -0.39 is 0 Å². The van der Waals surface area contributed by atoms with Crippen LogP contribution in [0, 0.1) is 16.7 Å². The smallest absolute Gasteiger partial charge is 0.120 e. The predicted octanol–water partition coefficient (Wildman–Crippen LogP) is 4.15. The molecule has 3 rings (SSSR count). The van der Waals surface area contributed by atoms with E-state index in [1.165, 1.54) is 19.3 Å². The van der Waals surface area contributed by atoms with Gasteiger partial charge in [-0.15, -0.1) is 0 Å². The van der Waals surface area contributed by atoms with Gasteiger partial charge in [0, 0.05) is 6.04 Å². The van der Waals surface area contributed by atoms with E-state index in [4.69, 9.17) is 4.42 Å². The molecule has 2 fully saturated rings. The van der Waals surface area contributed by atoms with Crippen molar-refractivity contribution in [3.63, 3.8) is 0 Å². The Bertz CT molecular complexity index is 422. The molecule has 4 atom stereocenters. The largest absolute Gasteiger partial charge is 0.468 e. The van der Waals surface area contributed by atoms with Crippen molar-refractivity contribution in [2.75, 3.05) is 0 Å². The fourth-order valence-corrected chi connectivity index (χ4v) is 4.38. The van der Waals surface area contributed by atoms with Crippen LogP contribution in [-0.4, -0.2) is 6.04 Å². The molecule has 0 saturated heterocycles. The van der Waals surface area contributed by atoms with Crippen LogP contribution in [-0.2, 0) is 0 Å². The summed E-state index contributed by atoms with van der Waals surface area (Å²) in [5.41, 5.74) is 0.923. The fourth-order valence-electron chi connectivity index (χ4n) is 4.38. The Morgan fingerprint density at radius 2 is 2.17 bits per heavy atom. The Labute approximate surface area is 110 Å². The summed E-state index contributed by atoms with van der Waals surface area (Å²) in [6.07, 6.45) is 5.87. The van der Waals surface area contributed by atoms with Gasteiger partial charge in [-0.2, -0.15) is 0 Å². The number of hydrogen-bond donors (Lipinski definition) is 1. The van der Waals surface area contributed by atoms with Crippen LogP contribution in [0.2, 0.25) is 0 Å². The molecule has 0 spiro atoms. The van der Waals surface area contributed by atoms with E-state index >= 15 is 0 Å². The van der Waals surface area contributed by atoms with Gasteiger partial charge < -0.3 is 9.73 Å². The molecule has 2 nitrogen and oxygen atoms in total. The van der Waals surface area contributed by atoms with Crippen molar-refractivity contribution in [1.82, 2.24) is 5.32 Å². The van der Waals surface area contributed by atoms with Crippen LogP contribution in [0.1, 0.15) is 58.8 Å². The van der Waals surface area contributed by atoms with Crippen molar-refractivity contribution in [1.29, 1.82) is 0 Å². The first-order valence-electron chi connectivity index (χ1n) is 7.24. The summed E-state index contributed by atoms with van der Waals surface area (Å²) in [6, 6.07) is 4.99.